The first-order chi connectivity index (χ1) is 15.1. The molecule has 2 heterocycles. The molecule has 0 unspecified atom stereocenters. The third kappa shape index (κ3) is 5.43. The summed E-state index contributed by atoms with van der Waals surface area (Å²) < 4.78 is 29.5. The zero-order chi connectivity index (χ0) is 23.5. The van der Waals surface area contributed by atoms with Crippen molar-refractivity contribution in [1.29, 1.82) is 0 Å². The van der Waals surface area contributed by atoms with E-state index < -0.39 is 23.1 Å². The SMILES string of the molecule is CCNOCc1nccc(Nc2sc(-c3c(F)cc(C(C)(C)O)cc3F)cc2C(N)=O)n1. The predicted molar refractivity (Wildman–Crippen MR) is 117 cm³/mol. The lowest BCUT2D eigenvalue weighted by molar-refractivity contribution is 0.0275. The maximum atomic E-state index is 14.8. The first kappa shape index (κ1) is 23.7. The monoisotopic (exact) mass is 463 g/mol. The Bertz CT molecular complexity index is 1110. The number of hydrogen-bond donors (Lipinski definition) is 4. The molecule has 0 aliphatic heterocycles. The fourth-order valence-corrected chi connectivity index (χ4v) is 3.94. The van der Waals surface area contributed by atoms with Crippen LogP contribution in [-0.4, -0.2) is 27.5 Å². The highest BCUT2D eigenvalue weighted by atomic mass is 32.1. The van der Waals surface area contributed by atoms with Crippen molar-refractivity contribution in [3.8, 4) is 10.4 Å². The zero-order valence-electron chi connectivity index (χ0n) is 17.7. The van der Waals surface area contributed by atoms with Gasteiger partial charge in [-0.1, -0.05) is 6.92 Å². The molecule has 2 aromatic heterocycles. The van der Waals surface area contributed by atoms with Gasteiger partial charge in [0.15, 0.2) is 5.82 Å². The Morgan fingerprint density at radius 1 is 1.28 bits per heavy atom. The van der Waals surface area contributed by atoms with Crippen LogP contribution in [0.4, 0.5) is 19.6 Å². The number of nitrogens with one attached hydrogen (secondary N) is 2. The molecule has 0 aliphatic rings. The number of anilines is 2. The third-order valence-electron chi connectivity index (χ3n) is 4.39. The molecule has 5 N–H and O–H groups in total. The first-order valence-electron chi connectivity index (χ1n) is 9.69. The molecular formula is C21H23F2N5O3S. The number of aromatic nitrogens is 2. The Hall–Kier alpha value is -2.99. The summed E-state index contributed by atoms with van der Waals surface area (Å²) in [4.78, 5) is 25.7. The van der Waals surface area contributed by atoms with Gasteiger partial charge in [0.1, 0.15) is 29.1 Å². The molecule has 0 radical (unpaired) electrons. The van der Waals surface area contributed by atoms with Crippen molar-refractivity contribution in [3.05, 3.63) is 59.0 Å². The number of rotatable bonds is 9. The number of carbonyl (C=O) groups is 1. The number of amides is 1. The lowest BCUT2D eigenvalue weighted by Gasteiger charge is -2.18. The minimum atomic E-state index is -1.41. The number of nitrogens with two attached hydrogens (primary N) is 1. The second kappa shape index (κ2) is 9.65. The molecule has 0 fully saturated rings. The average molecular weight is 464 g/mol. The van der Waals surface area contributed by atoms with E-state index >= 15 is 0 Å². The summed E-state index contributed by atoms with van der Waals surface area (Å²) >= 11 is 0.946. The van der Waals surface area contributed by atoms with Crippen LogP contribution in [-0.2, 0) is 17.0 Å². The minimum absolute atomic E-state index is 0.0550. The maximum Gasteiger partial charge on any atom is 0.251 e. The van der Waals surface area contributed by atoms with Crippen LogP contribution in [0.2, 0.25) is 0 Å². The van der Waals surface area contributed by atoms with Crippen LogP contribution >= 0.6 is 11.3 Å². The van der Waals surface area contributed by atoms with E-state index in [-0.39, 0.29) is 33.2 Å². The van der Waals surface area contributed by atoms with Crippen LogP contribution in [0.1, 0.15) is 42.5 Å². The number of thiophene rings is 1. The van der Waals surface area contributed by atoms with Gasteiger partial charge in [-0.25, -0.2) is 24.2 Å². The fraction of sp³-hybridized carbons (Fsp3) is 0.286. The van der Waals surface area contributed by atoms with E-state index in [1.807, 2.05) is 6.92 Å². The lowest BCUT2D eigenvalue weighted by Crippen LogP contribution is -2.16. The molecule has 170 valence electrons. The van der Waals surface area contributed by atoms with Gasteiger partial charge in [0, 0.05) is 17.6 Å². The van der Waals surface area contributed by atoms with Crippen molar-refractivity contribution in [1.82, 2.24) is 15.4 Å². The molecule has 1 amide bonds. The summed E-state index contributed by atoms with van der Waals surface area (Å²) in [6, 6.07) is 5.02. The van der Waals surface area contributed by atoms with Gasteiger partial charge in [-0.15, -0.1) is 11.3 Å². The van der Waals surface area contributed by atoms with E-state index in [9.17, 15) is 18.7 Å². The standard InChI is InChI=1S/C21H23F2N5O3S/c1-4-26-31-10-17-25-6-5-16(27-17)28-20-12(19(24)29)9-15(32-20)18-13(22)7-11(8-14(18)23)21(2,3)30/h5-9,26,30H,4,10H2,1-3H3,(H2,24,29)(H,25,27,28). The van der Waals surface area contributed by atoms with E-state index in [4.69, 9.17) is 10.6 Å². The number of hydroxylamine groups is 1. The molecule has 32 heavy (non-hydrogen) atoms. The second-order valence-corrected chi connectivity index (χ2v) is 8.41. The van der Waals surface area contributed by atoms with Crippen LogP contribution in [0.5, 0.6) is 0 Å². The Labute approximate surface area is 187 Å². The van der Waals surface area contributed by atoms with Gasteiger partial charge in [-0.2, -0.15) is 0 Å². The average Bonchev–Trinajstić information content (AvgIpc) is 3.11. The largest absolute Gasteiger partial charge is 0.386 e. The molecule has 3 rings (SSSR count). The lowest BCUT2D eigenvalue weighted by atomic mass is 9.96. The molecule has 0 spiro atoms. The molecule has 3 aromatic rings. The van der Waals surface area contributed by atoms with Gasteiger partial charge in [0.25, 0.3) is 5.91 Å². The Morgan fingerprint density at radius 3 is 2.56 bits per heavy atom. The number of halogens is 2. The molecular weight excluding hydrogens is 440 g/mol. The normalized spacial score (nSPS) is 11.6. The molecule has 0 saturated heterocycles. The summed E-state index contributed by atoms with van der Waals surface area (Å²) in [5.74, 6) is -1.77. The molecule has 0 saturated carbocycles. The minimum Gasteiger partial charge on any atom is -0.386 e. The van der Waals surface area contributed by atoms with Gasteiger partial charge in [-0.05, 0) is 43.7 Å². The molecule has 1 aromatic carbocycles. The quantitative estimate of drug-likeness (QED) is 0.282. The highest BCUT2D eigenvalue weighted by molar-refractivity contribution is 7.20. The van der Waals surface area contributed by atoms with E-state index in [2.05, 4.69) is 20.8 Å². The highest BCUT2D eigenvalue weighted by Crippen LogP contribution is 2.40. The van der Waals surface area contributed by atoms with Crippen molar-refractivity contribution in [2.24, 2.45) is 5.73 Å². The second-order valence-electron chi connectivity index (χ2n) is 7.36. The highest BCUT2D eigenvalue weighted by Gasteiger charge is 2.24. The molecule has 0 atom stereocenters. The van der Waals surface area contributed by atoms with Crippen LogP contribution in [0.3, 0.4) is 0 Å². The summed E-state index contributed by atoms with van der Waals surface area (Å²) in [6.07, 6.45) is 1.51. The van der Waals surface area contributed by atoms with E-state index in [1.54, 1.807) is 6.07 Å². The van der Waals surface area contributed by atoms with Gasteiger partial charge < -0.3 is 16.2 Å². The Kier molecular flexibility index (Phi) is 7.14. The number of primary amides is 1. The summed E-state index contributed by atoms with van der Waals surface area (Å²) in [6.45, 7) is 5.47. The van der Waals surface area contributed by atoms with Gasteiger partial charge in [0.05, 0.1) is 16.7 Å². The Balaban J connectivity index is 1.95. The van der Waals surface area contributed by atoms with E-state index in [0.29, 0.717) is 18.2 Å². The smallest absolute Gasteiger partial charge is 0.251 e. The van der Waals surface area contributed by atoms with Crippen molar-refractivity contribution in [3.63, 3.8) is 0 Å². The van der Waals surface area contributed by atoms with Crippen LogP contribution in [0, 0.1) is 11.6 Å². The molecule has 0 bridgehead atoms. The predicted octanol–water partition coefficient (Wildman–Crippen LogP) is 3.59. The Morgan fingerprint density at radius 2 is 1.97 bits per heavy atom. The van der Waals surface area contributed by atoms with E-state index in [0.717, 1.165) is 23.5 Å². The van der Waals surface area contributed by atoms with Crippen LogP contribution < -0.4 is 16.5 Å². The van der Waals surface area contributed by atoms with Crippen molar-refractivity contribution in [2.75, 3.05) is 11.9 Å². The van der Waals surface area contributed by atoms with Crippen molar-refractivity contribution < 1.29 is 23.5 Å². The van der Waals surface area contributed by atoms with Crippen LogP contribution in [0.25, 0.3) is 10.4 Å². The number of nitrogens with zero attached hydrogens (tertiary/aromatic N) is 2. The fourth-order valence-electron chi connectivity index (χ4n) is 2.82. The molecule has 8 nitrogen and oxygen atoms in total. The number of hydrogen-bond acceptors (Lipinski definition) is 8. The molecule has 11 heteroatoms. The van der Waals surface area contributed by atoms with Gasteiger partial charge >= 0.3 is 0 Å². The van der Waals surface area contributed by atoms with Crippen molar-refractivity contribution >= 4 is 28.1 Å². The third-order valence-corrected chi connectivity index (χ3v) is 5.46. The topological polar surface area (TPSA) is 122 Å². The number of carbonyl (C=O) groups excluding carboxylic acids is 1. The maximum absolute atomic E-state index is 14.8. The van der Waals surface area contributed by atoms with Crippen molar-refractivity contribution in [2.45, 2.75) is 33.0 Å². The summed E-state index contributed by atoms with van der Waals surface area (Å²) in [7, 11) is 0. The zero-order valence-corrected chi connectivity index (χ0v) is 18.5. The summed E-state index contributed by atoms with van der Waals surface area (Å²) in [5, 5.41) is 13.3. The van der Waals surface area contributed by atoms with Gasteiger partial charge in [-0.3, -0.25) is 9.63 Å². The number of benzene rings is 1. The molecule has 0 aliphatic carbocycles. The van der Waals surface area contributed by atoms with Crippen LogP contribution in [0.15, 0.2) is 30.5 Å². The van der Waals surface area contributed by atoms with Gasteiger partial charge in [0.2, 0.25) is 0 Å². The number of aliphatic hydroxyl groups is 1. The first-order valence-corrected chi connectivity index (χ1v) is 10.5. The van der Waals surface area contributed by atoms with E-state index in [1.165, 1.54) is 26.1 Å². The summed E-state index contributed by atoms with van der Waals surface area (Å²) in [5.41, 5.74) is 6.58.